The van der Waals surface area contributed by atoms with E-state index >= 15 is 0 Å². The number of hydrazone groups is 1. The molecule has 1 N–H and O–H groups in total. The van der Waals surface area contributed by atoms with Gasteiger partial charge in [-0.05, 0) is 37.3 Å². The molecular weight excluding hydrogens is 392 g/mol. The molecule has 132 valence electrons. The Hall–Kier alpha value is -2.21. The van der Waals surface area contributed by atoms with Crippen LogP contribution in [0.3, 0.4) is 0 Å². The molecule has 0 unspecified atom stereocenters. The predicted molar refractivity (Wildman–Crippen MR) is 110 cm³/mol. The van der Waals surface area contributed by atoms with Crippen LogP contribution >= 0.6 is 34.5 Å². The zero-order valence-electron chi connectivity index (χ0n) is 13.7. The Morgan fingerprint density at radius 1 is 1.23 bits per heavy atom. The molecule has 7 heteroatoms. The van der Waals surface area contributed by atoms with Crippen LogP contribution in [0.5, 0.6) is 0 Å². The average Bonchev–Trinajstić information content (AvgIpc) is 3.08. The topological polar surface area (TPSA) is 37.3 Å². The maximum atomic E-state index is 13.6. The summed E-state index contributed by atoms with van der Waals surface area (Å²) in [4.78, 5) is 4.46. The first-order valence-corrected chi connectivity index (χ1v) is 9.30. The highest BCUT2D eigenvalue weighted by atomic mass is 35.5. The molecule has 0 fully saturated rings. The minimum atomic E-state index is -0.270. The Morgan fingerprint density at radius 2 is 2.04 bits per heavy atom. The number of hydrogen-bond acceptors (Lipinski definition) is 4. The first-order valence-electron chi connectivity index (χ1n) is 7.67. The van der Waals surface area contributed by atoms with Crippen LogP contribution in [0.15, 0.2) is 59.0 Å². The second kappa shape index (κ2) is 8.45. The minimum Gasteiger partial charge on any atom is -0.252 e. The van der Waals surface area contributed by atoms with Gasteiger partial charge in [0.15, 0.2) is 0 Å². The third-order valence-electron chi connectivity index (χ3n) is 3.45. The van der Waals surface area contributed by atoms with E-state index in [2.05, 4.69) is 15.5 Å². The maximum Gasteiger partial charge on any atom is 0.203 e. The lowest BCUT2D eigenvalue weighted by molar-refractivity contribution is 0.625. The van der Waals surface area contributed by atoms with Crippen LogP contribution in [0.1, 0.15) is 12.5 Å². The Bertz CT molecular complexity index is 982. The molecule has 0 radical (unpaired) electrons. The first kappa shape index (κ1) is 18.6. The molecule has 1 aromatic heterocycles. The van der Waals surface area contributed by atoms with E-state index in [9.17, 15) is 4.39 Å². The highest BCUT2D eigenvalue weighted by Crippen LogP contribution is 2.32. The summed E-state index contributed by atoms with van der Waals surface area (Å²) >= 11 is 13.5. The number of allylic oxidation sites excluding steroid dienone is 1. The normalized spacial score (nSPS) is 11.9. The molecule has 0 saturated carbocycles. The van der Waals surface area contributed by atoms with Crippen LogP contribution < -0.4 is 5.43 Å². The lowest BCUT2D eigenvalue weighted by Gasteiger charge is -2.01. The van der Waals surface area contributed by atoms with Crippen LogP contribution in [-0.2, 0) is 0 Å². The van der Waals surface area contributed by atoms with Gasteiger partial charge in [-0.3, -0.25) is 5.43 Å². The van der Waals surface area contributed by atoms with Gasteiger partial charge in [-0.2, -0.15) is 5.10 Å². The van der Waals surface area contributed by atoms with Crippen molar-refractivity contribution >= 4 is 51.5 Å². The van der Waals surface area contributed by atoms with Crippen molar-refractivity contribution in [3.63, 3.8) is 0 Å². The van der Waals surface area contributed by atoms with Gasteiger partial charge in [-0.1, -0.05) is 47.5 Å². The van der Waals surface area contributed by atoms with E-state index in [1.54, 1.807) is 42.5 Å². The number of nitrogens with one attached hydrogen (secondary N) is 1. The molecule has 26 heavy (non-hydrogen) atoms. The minimum absolute atomic E-state index is 0.270. The highest BCUT2D eigenvalue weighted by Gasteiger charge is 2.08. The van der Waals surface area contributed by atoms with Crippen LogP contribution in [0.2, 0.25) is 10.0 Å². The Morgan fingerprint density at radius 3 is 2.81 bits per heavy atom. The number of rotatable bonds is 5. The second-order valence-corrected chi connectivity index (χ2v) is 7.08. The molecule has 2 aromatic carbocycles. The summed E-state index contributed by atoms with van der Waals surface area (Å²) in [6.07, 6.45) is 3.41. The summed E-state index contributed by atoms with van der Waals surface area (Å²) in [5, 5.41) is 7.87. The molecule has 0 saturated heterocycles. The van der Waals surface area contributed by atoms with Gasteiger partial charge in [0.25, 0.3) is 0 Å². The van der Waals surface area contributed by atoms with Crippen molar-refractivity contribution in [1.29, 1.82) is 0 Å². The van der Waals surface area contributed by atoms with Crippen molar-refractivity contribution in [3.05, 3.63) is 75.3 Å². The largest absolute Gasteiger partial charge is 0.252 e. The third kappa shape index (κ3) is 4.69. The Kier molecular flexibility index (Phi) is 6.04. The van der Waals surface area contributed by atoms with Gasteiger partial charge in [-0.25, -0.2) is 9.37 Å². The first-order chi connectivity index (χ1) is 12.5. The predicted octanol–water partition coefficient (Wildman–Crippen LogP) is 6.76. The third-order valence-corrected chi connectivity index (χ3v) is 4.74. The summed E-state index contributed by atoms with van der Waals surface area (Å²) in [6, 6.07) is 11.8. The summed E-state index contributed by atoms with van der Waals surface area (Å²) in [5.41, 5.74) is 5.65. The number of hydrogen-bond donors (Lipinski definition) is 1. The van der Waals surface area contributed by atoms with E-state index in [-0.39, 0.29) is 5.82 Å². The zero-order chi connectivity index (χ0) is 18.5. The number of anilines is 1. The molecule has 0 amide bonds. The molecule has 3 aromatic rings. The average molecular weight is 406 g/mol. The standard InChI is InChI=1S/C19H14Cl2FN3S/c1-12(6-7-13-4-2-3-5-17(13)22)24-25-19-23-18(11-26-19)15-9-8-14(20)10-16(15)21/h2-11H,1H3,(H,23,25)/b7-6+,24-12+. The van der Waals surface area contributed by atoms with E-state index in [0.717, 1.165) is 11.3 Å². The van der Waals surface area contributed by atoms with Crippen LogP contribution in [-0.4, -0.2) is 10.7 Å². The van der Waals surface area contributed by atoms with Crippen molar-refractivity contribution in [3.8, 4) is 11.3 Å². The van der Waals surface area contributed by atoms with Crippen molar-refractivity contribution in [2.45, 2.75) is 6.92 Å². The van der Waals surface area contributed by atoms with Crippen molar-refractivity contribution < 1.29 is 4.39 Å². The Labute approximate surface area is 164 Å². The van der Waals surface area contributed by atoms with Gasteiger partial charge in [0, 0.05) is 21.5 Å². The summed E-state index contributed by atoms with van der Waals surface area (Å²) in [5.74, 6) is -0.270. The fraction of sp³-hybridized carbons (Fsp3) is 0.0526. The molecule has 3 rings (SSSR count). The number of benzene rings is 2. The highest BCUT2D eigenvalue weighted by molar-refractivity contribution is 7.14. The van der Waals surface area contributed by atoms with Crippen molar-refractivity contribution in [1.82, 2.24) is 4.98 Å². The van der Waals surface area contributed by atoms with E-state index in [0.29, 0.717) is 26.5 Å². The van der Waals surface area contributed by atoms with Gasteiger partial charge >= 0.3 is 0 Å². The summed E-state index contributed by atoms with van der Waals surface area (Å²) in [7, 11) is 0. The smallest absolute Gasteiger partial charge is 0.203 e. The second-order valence-electron chi connectivity index (χ2n) is 5.38. The molecule has 1 heterocycles. The van der Waals surface area contributed by atoms with Crippen molar-refractivity contribution in [2.24, 2.45) is 5.10 Å². The van der Waals surface area contributed by atoms with Crippen LogP contribution in [0, 0.1) is 5.82 Å². The van der Waals surface area contributed by atoms with E-state index in [4.69, 9.17) is 23.2 Å². The molecule has 0 aliphatic rings. The summed E-state index contributed by atoms with van der Waals surface area (Å²) in [6.45, 7) is 1.81. The number of thiazole rings is 1. The number of aromatic nitrogens is 1. The van der Waals surface area contributed by atoms with Gasteiger partial charge in [0.05, 0.1) is 16.4 Å². The maximum absolute atomic E-state index is 13.6. The molecular formula is C19H14Cl2FN3S. The van der Waals surface area contributed by atoms with E-state index in [1.165, 1.54) is 17.4 Å². The van der Waals surface area contributed by atoms with Crippen molar-refractivity contribution in [2.75, 3.05) is 5.43 Å². The van der Waals surface area contributed by atoms with Gasteiger partial charge in [0.2, 0.25) is 5.13 Å². The van der Waals surface area contributed by atoms with Gasteiger partial charge in [0.1, 0.15) is 5.82 Å². The zero-order valence-corrected chi connectivity index (χ0v) is 16.0. The Balaban J connectivity index is 1.69. The van der Waals surface area contributed by atoms with E-state index < -0.39 is 0 Å². The fourth-order valence-electron chi connectivity index (χ4n) is 2.14. The van der Waals surface area contributed by atoms with Crippen LogP contribution in [0.4, 0.5) is 9.52 Å². The van der Waals surface area contributed by atoms with Gasteiger partial charge < -0.3 is 0 Å². The molecule has 0 aliphatic heterocycles. The lowest BCUT2D eigenvalue weighted by Crippen LogP contribution is -1.94. The summed E-state index contributed by atoms with van der Waals surface area (Å²) < 4.78 is 13.6. The quantitative estimate of drug-likeness (QED) is 0.376. The SMILES string of the molecule is CC(/C=C/c1ccccc1F)=N\Nc1nc(-c2ccc(Cl)cc2Cl)cs1. The fourth-order valence-corrected chi connectivity index (χ4v) is 3.30. The molecule has 0 spiro atoms. The lowest BCUT2D eigenvalue weighted by atomic mass is 10.2. The monoisotopic (exact) mass is 405 g/mol. The van der Waals surface area contributed by atoms with Gasteiger partial charge in [-0.15, -0.1) is 11.3 Å². The molecule has 0 bridgehead atoms. The number of nitrogens with zero attached hydrogens (tertiary/aromatic N) is 2. The number of halogens is 3. The van der Waals surface area contributed by atoms with E-state index in [1.807, 2.05) is 18.4 Å². The molecule has 0 atom stereocenters. The van der Waals surface area contributed by atoms with Crippen LogP contribution in [0.25, 0.3) is 17.3 Å². The molecule has 3 nitrogen and oxygen atoms in total. The molecule has 0 aliphatic carbocycles.